The van der Waals surface area contributed by atoms with Crippen LogP contribution in [0.1, 0.15) is 44.5 Å². The van der Waals surface area contributed by atoms with E-state index in [1.165, 1.54) is 25.7 Å². The Kier molecular flexibility index (Phi) is 2.78. The quantitative estimate of drug-likeness (QED) is 0.789. The van der Waals surface area contributed by atoms with Crippen LogP contribution in [-0.4, -0.2) is 16.7 Å². The zero-order chi connectivity index (χ0) is 11.8. The maximum Gasteiger partial charge on any atom is 0.315 e. The van der Waals surface area contributed by atoms with Gasteiger partial charge in [0.05, 0.1) is 6.04 Å². The lowest BCUT2D eigenvalue weighted by Crippen LogP contribution is -2.18. The SMILES string of the molecule is CC(N)c1nnc(NCC(C2CC2)C2CC2)o1. The van der Waals surface area contributed by atoms with Gasteiger partial charge in [-0.25, -0.2) is 0 Å². The minimum atomic E-state index is -0.194. The van der Waals surface area contributed by atoms with Gasteiger partial charge < -0.3 is 15.5 Å². The minimum Gasteiger partial charge on any atom is -0.406 e. The molecule has 2 saturated carbocycles. The molecular formula is C12H20N4O. The molecule has 3 rings (SSSR count). The predicted molar refractivity (Wildman–Crippen MR) is 64.3 cm³/mol. The largest absolute Gasteiger partial charge is 0.406 e. The van der Waals surface area contributed by atoms with Gasteiger partial charge in [0.15, 0.2) is 0 Å². The zero-order valence-electron chi connectivity index (χ0n) is 10.2. The normalized spacial score (nSPS) is 21.8. The topological polar surface area (TPSA) is 77.0 Å². The minimum absolute atomic E-state index is 0.194. The lowest BCUT2D eigenvalue weighted by atomic mass is 9.98. The highest BCUT2D eigenvalue weighted by molar-refractivity contribution is 5.18. The maximum absolute atomic E-state index is 5.68. The van der Waals surface area contributed by atoms with E-state index in [0.29, 0.717) is 11.9 Å². The highest BCUT2D eigenvalue weighted by Crippen LogP contribution is 2.49. The molecule has 2 aliphatic rings. The van der Waals surface area contributed by atoms with Crippen LogP contribution >= 0.6 is 0 Å². The van der Waals surface area contributed by atoms with Gasteiger partial charge in [-0.05, 0) is 50.4 Å². The summed E-state index contributed by atoms with van der Waals surface area (Å²) in [6.45, 7) is 2.81. The van der Waals surface area contributed by atoms with Crippen molar-refractivity contribution in [3.8, 4) is 0 Å². The zero-order valence-corrected chi connectivity index (χ0v) is 10.2. The van der Waals surface area contributed by atoms with Crippen LogP contribution in [0.15, 0.2) is 4.42 Å². The summed E-state index contributed by atoms with van der Waals surface area (Å²) in [6, 6.07) is 0.323. The molecule has 0 spiro atoms. The number of anilines is 1. The Morgan fingerprint density at radius 1 is 1.29 bits per heavy atom. The maximum atomic E-state index is 5.68. The van der Waals surface area contributed by atoms with Crippen LogP contribution in [0.4, 0.5) is 6.01 Å². The lowest BCUT2D eigenvalue weighted by Gasteiger charge is -2.14. The molecule has 0 radical (unpaired) electrons. The Labute approximate surface area is 101 Å². The van der Waals surface area contributed by atoms with Gasteiger partial charge in [-0.15, -0.1) is 5.10 Å². The second-order valence-corrected chi connectivity index (χ2v) is 5.45. The number of hydrogen-bond acceptors (Lipinski definition) is 5. The van der Waals surface area contributed by atoms with Crippen LogP contribution in [-0.2, 0) is 0 Å². The molecule has 0 aliphatic heterocycles. The number of nitrogens with two attached hydrogens (primary N) is 1. The van der Waals surface area contributed by atoms with Crippen LogP contribution in [0.3, 0.4) is 0 Å². The van der Waals surface area contributed by atoms with Crippen LogP contribution in [0, 0.1) is 17.8 Å². The molecule has 0 aromatic carbocycles. The lowest BCUT2D eigenvalue weighted by molar-refractivity contribution is 0.417. The van der Waals surface area contributed by atoms with Crippen molar-refractivity contribution in [1.29, 1.82) is 0 Å². The first-order valence-electron chi connectivity index (χ1n) is 6.57. The molecule has 1 unspecified atom stereocenters. The van der Waals surface area contributed by atoms with E-state index in [9.17, 15) is 0 Å². The molecule has 94 valence electrons. The molecule has 2 aliphatic carbocycles. The van der Waals surface area contributed by atoms with E-state index in [0.717, 1.165) is 24.3 Å². The standard InChI is InChI=1S/C12H20N4O/c1-7(13)11-15-16-12(17-11)14-6-10(8-2-3-8)9-4-5-9/h7-10H,2-6,13H2,1H3,(H,14,16). The van der Waals surface area contributed by atoms with E-state index in [1.54, 1.807) is 0 Å². The van der Waals surface area contributed by atoms with Gasteiger partial charge in [0.25, 0.3) is 0 Å². The Morgan fingerprint density at radius 3 is 2.41 bits per heavy atom. The van der Waals surface area contributed by atoms with Crippen LogP contribution in [0.25, 0.3) is 0 Å². The Hall–Kier alpha value is -1.10. The fourth-order valence-corrected chi connectivity index (χ4v) is 2.46. The molecule has 5 nitrogen and oxygen atoms in total. The summed E-state index contributed by atoms with van der Waals surface area (Å²) in [7, 11) is 0. The van der Waals surface area contributed by atoms with Crippen molar-refractivity contribution >= 4 is 6.01 Å². The number of rotatable bonds is 6. The molecule has 5 heteroatoms. The summed E-state index contributed by atoms with van der Waals surface area (Å²) in [5.74, 6) is 3.18. The summed E-state index contributed by atoms with van der Waals surface area (Å²) < 4.78 is 5.44. The van der Waals surface area contributed by atoms with Crippen molar-refractivity contribution in [3.05, 3.63) is 5.89 Å². The Morgan fingerprint density at radius 2 is 1.94 bits per heavy atom. The number of nitrogens with one attached hydrogen (secondary N) is 1. The molecule has 1 atom stereocenters. The highest BCUT2D eigenvalue weighted by atomic mass is 16.4. The molecule has 3 N–H and O–H groups in total. The summed E-state index contributed by atoms with van der Waals surface area (Å²) in [6.07, 6.45) is 5.60. The third-order valence-corrected chi connectivity index (χ3v) is 3.77. The molecule has 1 heterocycles. The van der Waals surface area contributed by atoms with Gasteiger partial charge in [0.1, 0.15) is 0 Å². The molecule has 0 bridgehead atoms. The number of hydrogen-bond donors (Lipinski definition) is 2. The third kappa shape index (κ3) is 2.60. The predicted octanol–water partition coefficient (Wildman–Crippen LogP) is 1.94. The second-order valence-electron chi connectivity index (χ2n) is 5.45. The number of aromatic nitrogens is 2. The molecule has 2 fully saturated rings. The van der Waals surface area contributed by atoms with Crippen molar-refractivity contribution in [3.63, 3.8) is 0 Å². The molecule has 1 aromatic rings. The van der Waals surface area contributed by atoms with Crippen molar-refractivity contribution in [2.75, 3.05) is 11.9 Å². The summed E-state index contributed by atoms with van der Waals surface area (Å²) >= 11 is 0. The average molecular weight is 236 g/mol. The molecule has 0 amide bonds. The van der Waals surface area contributed by atoms with E-state index < -0.39 is 0 Å². The molecule has 1 aromatic heterocycles. The van der Waals surface area contributed by atoms with Crippen molar-refractivity contribution in [1.82, 2.24) is 10.2 Å². The Bertz CT molecular complexity index is 370. The highest BCUT2D eigenvalue weighted by Gasteiger charge is 2.41. The first-order chi connectivity index (χ1) is 8.24. The van der Waals surface area contributed by atoms with Crippen LogP contribution in [0.2, 0.25) is 0 Å². The van der Waals surface area contributed by atoms with Gasteiger partial charge in [-0.3, -0.25) is 0 Å². The van der Waals surface area contributed by atoms with Crippen LogP contribution in [0.5, 0.6) is 0 Å². The van der Waals surface area contributed by atoms with Crippen molar-refractivity contribution in [2.24, 2.45) is 23.5 Å². The average Bonchev–Trinajstić information content (AvgIpc) is 3.20. The van der Waals surface area contributed by atoms with Crippen LogP contribution < -0.4 is 11.1 Å². The van der Waals surface area contributed by atoms with Crippen molar-refractivity contribution in [2.45, 2.75) is 38.6 Å². The molecule has 0 saturated heterocycles. The molecule has 17 heavy (non-hydrogen) atoms. The number of nitrogens with zero attached hydrogens (tertiary/aromatic N) is 2. The van der Waals surface area contributed by atoms with E-state index >= 15 is 0 Å². The van der Waals surface area contributed by atoms with Gasteiger partial charge >= 0.3 is 6.01 Å². The first-order valence-corrected chi connectivity index (χ1v) is 6.57. The monoisotopic (exact) mass is 236 g/mol. The summed E-state index contributed by atoms with van der Waals surface area (Å²) in [5, 5.41) is 11.1. The summed E-state index contributed by atoms with van der Waals surface area (Å²) in [4.78, 5) is 0. The van der Waals surface area contributed by atoms with E-state index in [4.69, 9.17) is 10.2 Å². The van der Waals surface area contributed by atoms with E-state index in [2.05, 4.69) is 15.5 Å². The fraction of sp³-hybridized carbons (Fsp3) is 0.833. The van der Waals surface area contributed by atoms with E-state index in [-0.39, 0.29) is 6.04 Å². The first kappa shape index (κ1) is 11.0. The summed E-state index contributed by atoms with van der Waals surface area (Å²) in [5.41, 5.74) is 5.68. The van der Waals surface area contributed by atoms with Gasteiger partial charge in [0.2, 0.25) is 5.89 Å². The van der Waals surface area contributed by atoms with Gasteiger partial charge in [0, 0.05) is 6.54 Å². The third-order valence-electron chi connectivity index (χ3n) is 3.77. The van der Waals surface area contributed by atoms with Gasteiger partial charge in [-0.2, -0.15) is 0 Å². The fourth-order valence-electron chi connectivity index (χ4n) is 2.46. The molecular weight excluding hydrogens is 216 g/mol. The Balaban J connectivity index is 1.54. The smallest absolute Gasteiger partial charge is 0.315 e. The van der Waals surface area contributed by atoms with Crippen molar-refractivity contribution < 1.29 is 4.42 Å². The second kappa shape index (κ2) is 4.29. The van der Waals surface area contributed by atoms with Gasteiger partial charge in [-0.1, -0.05) is 5.10 Å². The van der Waals surface area contributed by atoms with E-state index in [1.807, 2.05) is 6.92 Å².